The van der Waals surface area contributed by atoms with Gasteiger partial charge in [-0.2, -0.15) is 0 Å². The highest BCUT2D eigenvalue weighted by molar-refractivity contribution is 4.99. The fourth-order valence-electron chi connectivity index (χ4n) is 2.98. The Morgan fingerprint density at radius 3 is 2.45 bits per heavy atom. The molecule has 4 N–H and O–H groups in total. The van der Waals surface area contributed by atoms with Crippen LogP contribution in [0.2, 0.25) is 0 Å². The van der Waals surface area contributed by atoms with Crippen LogP contribution in [0.3, 0.4) is 0 Å². The van der Waals surface area contributed by atoms with Gasteiger partial charge < -0.3 is 44.1 Å². The van der Waals surface area contributed by atoms with Crippen LogP contribution in [0.4, 0.5) is 0 Å². The van der Waals surface area contributed by atoms with E-state index in [4.69, 9.17) is 28.8 Å². The quantitative estimate of drug-likeness (QED) is 0.400. The molecule has 3 aliphatic heterocycles. The number of rotatable bonds is 5. The first-order valence-corrected chi connectivity index (χ1v) is 7.27. The third-order valence-corrected chi connectivity index (χ3v) is 4.33. The van der Waals surface area contributed by atoms with E-state index < -0.39 is 68.0 Å². The van der Waals surface area contributed by atoms with Gasteiger partial charge in [0.25, 0.3) is 0 Å². The van der Waals surface area contributed by atoms with Crippen molar-refractivity contribution >= 4 is 0 Å². The second-order valence-corrected chi connectivity index (χ2v) is 5.81. The number of hydrogen-bond donors (Lipinski definition) is 4. The Morgan fingerprint density at radius 1 is 1.09 bits per heavy atom. The molecule has 0 bridgehead atoms. The molecule has 0 aromatic heterocycles. The van der Waals surface area contributed by atoms with Crippen LogP contribution in [0.25, 0.3) is 0 Å². The fourth-order valence-corrected chi connectivity index (χ4v) is 2.98. The van der Waals surface area contributed by atoms with Crippen molar-refractivity contribution in [1.29, 1.82) is 0 Å². The van der Waals surface area contributed by atoms with Crippen molar-refractivity contribution in [1.82, 2.24) is 0 Å². The zero-order chi connectivity index (χ0) is 16.0. The standard InChI is InChI=1S/C13H22O9/c1-4-6(16)10(11-13(19-4)22-11)21-12-7(17)9(18-2)8(20-12)5(15)3-14/h4-17H,3H2,1-2H3/t4?,5-,6?,7?,8+,9?,10?,11-,12+,13?/m1/s1. The molecular formula is C13H22O9. The lowest BCUT2D eigenvalue weighted by Gasteiger charge is -2.32. The maximum absolute atomic E-state index is 10.2. The lowest BCUT2D eigenvalue weighted by Crippen LogP contribution is -2.50. The minimum atomic E-state index is -1.21. The minimum absolute atomic E-state index is 0.412. The van der Waals surface area contributed by atoms with E-state index in [0.717, 1.165) is 0 Å². The highest BCUT2D eigenvalue weighted by Gasteiger charge is 2.58. The maximum Gasteiger partial charge on any atom is 0.187 e. The molecule has 10 atom stereocenters. The van der Waals surface area contributed by atoms with Crippen LogP contribution in [0, 0.1) is 0 Å². The number of aliphatic hydroxyl groups excluding tert-OH is 4. The lowest BCUT2D eigenvalue weighted by atomic mass is 10.0. The van der Waals surface area contributed by atoms with Gasteiger partial charge in [-0.3, -0.25) is 0 Å². The van der Waals surface area contributed by atoms with Crippen LogP contribution in [-0.4, -0.2) is 95.6 Å². The summed E-state index contributed by atoms with van der Waals surface area (Å²) in [6.07, 6.45) is -8.20. The molecule has 9 heteroatoms. The summed E-state index contributed by atoms with van der Waals surface area (Å²) in [5.74, 6) is 0. The molecule has 9 nitrogen and oxygen atoms in total. The SMILES string of the molecule is COC1C(O)[C@H](OC2C(O)C(C)OC3O[C@@H]32)O[C@H]1[C@H](O)CO. The zero-order valence-electron chi connectivity index (χ0n) is 12.3. The van der Waals surface area contributed by atoms with Gasteiger partial charge in [0.05, 0.1) is 12.7 Å². The average Bonchev–Trinajstić information content (AvgIpc) is 3.19. The van der Waals surface area contributed by atoms with E-state index in [0.29, 0.717) is 0 Å². The Balaban J connectivity index is 1.67. The molecule has 3 saturated heterocycles. The van der Waals surface area contributed by atoms with Gasteiger partial charge in [-0.15, -0.1) is 0 Å². The molecule has 0 saturated carbocycles. The Hall–Kier alpha value is -0.360. The van der Waals surface area contributed by atoms with Gasteiger partial charge in [0.2, 0.25) is 0 Å². The number of ether oxygens (including phenoxy) is 5. The van der Waals surface area contributed by atoms with Gasteiger partial charge >= 0.3 is 0 Å². The predicted molar refractivity (Wildman–Crippen MR) is 68.6 cm³/mol. The van der Waals surface area contributed by atoms with Crippen molar-refractivity contribution in [2.75, 3.05) is 13.7 Å². The van der Waals surface area contributed by atoms with E-state index in [1.54, 1.807) is 6.92 Å². The summed E-state index contributed by atoms with van der Waals surface area (Å²) in [5, 5.41) is 39.1. The first-order valence-electron chi connectivity index (χ1n) is 7.27. The van der Waals surface area contributed by atoms with Crippen LogP contribution < -0.4 is 0 Å². The van der Waals surface area contributed by atoms with Crippen molar-refractivity contribution < 1.29 is 44.1 Å². The predicted octanol–water partition coefficient (Wildman–Crippen LogP) is -2.67. The first kappa shape index (κ1) is 16.5. The number of aliphatic hydroxyl groups is 4. The normalized spacial score (nSPS) is 52.4. The van der Waals surface area contributed by atoms with Crippen molar-refractivity contribution in [2.24, 2.45) is 0 Å². The molecule has 0 spiro atoms. The molecule has 22 heavy (non-hydrogen) atoms. The molecule has 0 aromatic carbocycles. The summed E-state index contributed by atoms with van der Waals surface area (Å²) in [6, 6.07) is 0. The topological polar surface area (TPSA) is 130 Å². The molecule has 128 valence electrons. The Morgan fingerprint density at radius 2 is 1.82 bits per heavy atom. The Kier molecular flexibility index (Phi) is 4.70. The van der Waals surface area contributed by atoms with E-state index in [-0.39, 0.29) is 0 Å². The molecule has 3 heterocycles. The van der Waals surface area contributed by atoms with Gasteiger partial charge in [-0.05, 0) is 6.92 Å². The van der Waals surface area contributed by atoms with Crippen LogP contribution >= 0.6 is 0 Å². The van der Waals surface area contributed by atoms with E-state index in [1.165, 1.54) is 7.11 Å². The molecule has 0 aromatic rings. The number of fused-ring (bicyclic) bond motifs is 1. The van der Waals surface area contributed by atoms with Gasteiger partial charge in [0.1, 0.15) is 42.7 Å². The van der Waals surface area contributed by atoms with Crippen LogP contribution in [0.1, 0.15) is 6.92 Å². The number of hydrogen-bond acceptors (Lipinski definition) is 9. The molecule has 3 rings (SSSR count). The third kappa shape index (κ3) is 2.77. The van der Waals surface area contributed by atoms with Gasteiger partial charge in [0, 0.05) is 7.11 Å². The van der Waals surface area contributed by atoms with E-state index in [1.807, 2.05) is 0 Å². The molecule has 3 aliphatic rings. The third-order valence-electron chi connectivity index (χ3n) is 4.33. The summed E-state index contributed by atoms with van der Waals surface area (Å²) in [4.78, 5) is 0. The largest absolute Gasteiger partial charge is 0.394 e. The number of methoxy groups -OCH3 is 1. The van der Waals surface area contributed by atoms with Crippen LogP contribution in [0.5, 0.6) is 0 Å². The van der Waals surface area contributed by atoms with E-state index in [2.05, 4.69) is 0 Å². The minimum Gasteiger partial charge on any atom is -0.394 e. The summed E-state index contributed by atoms with van der Waals surface area (Å²) in [7, 11) is 1.36. The van der Waals surface area contributed by atoms with Gasteiger partial charge in [-0.1, -0.05) is 0 Å². The zero-order valence-corrected chi connectivity index (χ0v) is 12.3. The van der Waals surface area contributed by atoms with Crippen molar-refractivity contribution in [2.45, 2.75) is 68.3 Å². The van der Waals surface area contributed by atoms with Gasteiger partial charge in [0.15, 0.2) is 12.6 Å². The molecule has 0 aliphatic carbocycles. The van der Waals surface area contributed by atoms with Crippen molar-refractivity contribution in [3.8, 4) is 0 Å². The van der Waals surface area contributed by atoms with Crippen LogP contribution in [-0.2, 0) is 23.7 Å². The second-order valence-electron chi connectivity index (χ2n) is 5.81. The van der Waals surface area contributed by atoms with Crippen LogP contribution in [0.15, 0.2) is 0 Å². The smallest absolute Gasteiger partial charge is 0.187 e. The monoisotopic (exact) mass is 322 g/mol. The molecule has 6 unspecified atom stereocenters. The summed E-state index contributed by atoms with van der Waals surface area (Å²) in [5.41, 5.74) is 0. The molecular weight excluding hydrogens is 300 g/mol. The molecule has 3 fully saturated rings. The summed E-state index contributed by atoms with van der Waals surface area (Å²) in [6.45, 7) is 1.16. The summed E-state index contributed by atoms with van der Waals surface area (Å²) >= 11 is 0. The average molecular weight is 322 g/mol. The highest BCUT2D eigenvalue weighted by Crippen LogP contribution is 2.39. The lowest BCUT2D eigenvalue weighted by molar-refractivity contribution is -0.238. The van der Waals surface area contributed by atoms with Crippen molar-refractivity contribution in [3.05, 3.63) is 0 Å². The Bertz CT molecular complexity index is 394. The van der Waals surface area contributed by atoms with E-state index >= 15 is 0 Å². The first-order chi connectivity index (χ1) is 10.5. The second kappa shape index (κ2) is 6.27. The molecule has 0 radical (unpaired) electrons. The Labute approximate surface area is 127 Å². The fraction of sp³-hybridized carbons (Fsp3) is 1.00. The van der Waals surface area contributed by atoms with E-state index in [9.17, 15) is 15.3 Å². The molecule has 0 amide bonds. The highest BCUT2D eigenvalue weighted by atomic mass is 16.8. The van der Waals surface area contributed by atoms with Crippen molar-refractivity contribution in [3.63, 3.8) is 0 Å². The summed E-state index contributed by atoms with van der Waals surface area (Å²) < 4.78 is 26.9. The maximum atomic E-state index is 10.2. The van der Waals surface area contributed by atoms with Gasteiger partial charge in [-0.25, -0.2) is 0 Å². The number of epoxide rings is 1.